The SMILES string of the molecule is C=CC(=O)OC(C)Cc1ccc(OP(=O)(O)O)cc1. The summed E-state index contributed by atoms with van der Waals surface area (Å²) in [6.07, 6.45) is 1.25. The van der Waals surface area contributed by atoms with Crippen molar-refractivity contribution in [2.24, 2.45) is 0 Å². The van der Waals surface area contributed by atoms with E-state index in [1.807, 2.05) is 0 Å². The number of esters is 1. The number of phosphoric ester groups is 1. The molecule has 104 valence electrons. The van der Waals surface area contributed by atoms with Crippen LogP contribution < -0.4 is 4.52 Å². The van der Waals surface area contributed by atoms with Crippen molar-refractivity contribution < 1.29 is 28.4 Å². The first kappa shape index (κ1) is 15.4. The lowest BCUT2D eigenvalue weighted by molar-refractivity contribution is -0.142. The smallest absolute Gasteiger partial charge is 0.459 e. The standard InChI is InChI=1S/C12H15O6P/c1-3-12(13)17-9(2)8-10-4-6-11(7-5-10)18-19(14,15)16/h3-7,9H,1,8H2,2H3,(H2,14,15,16). The van der Waals surface area contributed by atoms with E-state index in [0.717, 1.165) is 11.6 Å². The summed E-state index contributed by atoms with van der Waals surface area (Å²) >= 11 is 0. The molecule has 1 unspecified atom stereocenters. The van der Waals surface area contributed by atoms with Crippen molar-refractivity contribution >= 4 is 13.8 Å². The van der Waals surface area contributed by atoms with Crippen LogP contribution in [-0.4, -0.2) is 21.9 Å². The van der Waals surface area contributed by atoms with E-state index in [1.54, 1.807) is 19.1 Å². The summed E-state index contributed by atoms with van der Waals surface area (Å²) in [5.41, 5.74) is 0.849. The molecule has 1 aromatic carbocycles. The summed E-state index contributed by atoms with van der Waals surface area (Å²) in [5.74, 6) is -0.415. The van der Waals surface area contributed by atoms with Gasteiger partial charge in [0.1, 0.15) is 11.9 Å². The summed E-state index contributed by atoms with van der Waals surface area (Å²) in [5, 5.41) is 0. The molecule has 0 bridgehead atoms. The fraction of sp³-hybridized carbons (Fsp3) is 0.250. The minimum absolute atomic E-state index is 0.0767. The van der Waals surface area contributed by atoms with E-state index in [9.17, 15) is 9.36 Å². The van der Waals surface area contributed by atoms with Gasteiger partial charge in [0, 0.05) is 12.5 Å². The highest BCUT2D eigenvalue weighted by Gasteiger charge is 2.15. The van der Waals surface area contributed by atoms with E-state index < -0.39 is 13.8 Å². The van der Waals surface area contributed by atoms with Gasteiger partial charge in [0.2, 0.25) is 0 Å². The second-order valence-electron chi connectivity index (χ2n) is 3.88. The fourth-order valence-corrected chi connectivity index (χ4v) is 1.84. The zero-order valence-corrected chi connectivity index (χ0v) is 11.2. The Hall–Kier alpha value is -1.62. The molecule has 0 aliphatic heterocycles. The Labute approximate surface area is 110 Å². The van der Waals surface area contributed by atoms with Crippen molar-refractivity contribution in [3.05, 3.63) is 42.5 Å². The molecule has 0 heterocycles. The molecule has 0 amide bonds. The lowest BCUT2D eigenvalue weighted by Crippen LogP contribution is -2.15. The molecule has 0 saturated heterocycles. The molecule has 2 N–H and O–H groups in total. The maximum Gasteiger partial charge on any atom is 0.524 e. The molecule has 0 aliphatic rings. The molecule has 1 aromatic rings. The van der Waals surface area contributed by atoms with Crippen LogP contribution in [-0.2, 0) is 20.5 Å². The maximum atomic E-state index is 11.0. The van der Waals surface area contributed by atoms with E-state index in [0.29, 0.717) is 6.42 Å². The predicted molar refractivity (Wildman–Crippen MR) is 68.6 cm³/mol. The molecule has 0 radical (unpaired) electrons. The molecule has 19 heavy (non-hydrogen) atoms. The first-order valence-electron chi connectivity index (χ1n) is 5.47. The predicted octanol–water partition coefficient (Wildman–Crippen LogP) is 1.82. The molecule has 0 spiro atoms. The Balaban J connectivity index is 2.59. The Kier molecular flexibility index (Phi) is 5.30. The topological polar surface area (TPSA) is 93.1 Å². The van der Waals surface area contributed by atoms with Crippen LogP contribution >= 0.6 is 7.82 Å². The van der Waals surface area contributed by atoms with E-state index in [4.69, 9.17) is 14.5 Å². The third-order valence-electron chi connectivity index (χ3n) is 2.15. The van der Waals surface area contributed by atoms with Crippen molar-refractivity contribution in [2.45, 2.75) is 19.4 Å². The Morgan fingerprint density at radius 1 is 1.42 bits per heavy atom. The summed E-state index contributed by atoms with van der Waals surface area (Å²) in [6.45, 7) is 5.04. The third-order valence-corrected chi connectivity index (χ3v) is 2.60. The lowest BCUT2D eigenvalue weighted by Gasteiger charge is -2.12. The van der Waals surface area contributed by atoms with Crippen LogP contribution in [0.3, 0.4) is 0 Å². The second-order valence-corrected chi connectivity index (χ2v) is 5.05. The summed E-state index contributed by atoms with van der Waals surface area (Å²) in [4.78, 5) is 28.2. The van der Waals surface area contributed by atoms with E-state index in [2.05, 4.69) is 11.1 Å². The Bertz CT molecular complexity index is 489. The molecular formula is C12H15O6P. The number of carbonyl (C=O) groups is 1. The largest absolute Gasteiger partial charge is 0.524 e. The first-order chi connectivity index (χ1) is 8.80. The van der Waals surface area contributed by atoms with Gasteiger partial charge >= 0.3 is 13.8 Å². The van der Waals surface area contributed by atoms with Gasteiger partial charge in [0.25, 0.3) is 0 Å². The zero-order chi connectivity index (χ0) is 14.5. The van der Waals surface area contributed by atoms with Crippen LogP contribution in [0.1, 0.15) is 12.5 Å². The Morgan fingerprint density at radius 2 is 2.00 bits per heavy atom. The van der Waals surface area contributed by atoms with Gasteiger partial charge in [0.05, 0.1) is 0 Å². The third kappa shape index (κ3) is 6.20. The average Bonchev–Trinajstić information content (AvgIpc) is 2.29. The zero-order valence-electron chi connectivity index (χ0n) is 10.4. The number of benzene rings is 1. The van der Waals surface area contributed by atoms with Gasteiger partial charge in [-0.25, -0.2) is 9.36 Å². The second kappa shape index (κ2) is 6.52. The van der Waals surface area contributed by atoms with Crippen LogP contribution in [0.15, 0.2) is 36.9 Å². The quantitative estimate of drug-likeness (QED) is 0.470. The monoisotopic (exact) mass is 286 g/mol. The van der Waals surface area contributed by atoms with Crippen LogP contribution in [0, 0.1) is 0 Å². The highest BCUT2D eigenvalue weighted by molar-refractivity contribution is 7.46. The minimum atomic E-state index is -4.53. The first-order valence-corrected chi connectivity index (χ1v) is 7.00. The molecular weight excluding hydrogens is 271 g/mol. The van der Waals surface area contributed by atoms with Gasteiger partial charge in [0.15, 0.2) is 0 Å². The normalized spacial score (nSPS) is 12.6. The minimum Gasteiger partial charge on any atom is -0.459 e. The molecule has 6 nitrogen and oxygen atoms in total. The molecule has 1 rings (SSSR count). The van der Waals surface area contributed by atoms with Crippen molar-refractivity contribution in [3.63, 3.8) is 0 Å². The maximum absolute atomic E-state index is 11.0. The fourth-order valence-electron chi connectivity index (χ4n) is 1.44. The highest BCUT2D eigenvalue weighted by Crippen LogP contribution is 2.37. The number of hydrogen-bond donors (Lipinski definition) is 2. The van der Waals surface area contributed by atoms with Crippen molar-refractivity contribution in [1.82, 2.24) is 0 Å². The van der Waals surface area contributed by atoms with Gasteiger partial charge < -0.3 is 9.26 Å². The number of phosphoric acid groups is 1. The Morgan fingerprint density at radius 3 is 2.47 bits per heavy atom. The van der Waals surface area contributed by atoms with Gasteiger partial charge in [-0.05, 0) is 24.6 Å². The molecule has 7 heteroatoms. The van der Waals surface area contributed by atoms with E-state index >= 15 is 0 Å². The van der Waals surface area contributed by atoms with Gasteiger partial charge in [-0.3, -0.25) is 9.79 Å². The summed E-state index contributed by atoms with van der Waals surface area (Å²) < 4.78 is 20.0. The van der Waals surface area contributed by atoms with Gasteiger partial charge in [-0.2, -0.15) is 0 Å². The van der Waals surface area contributed by atoms with Crippen LogP contribution in [0.2, 0.25) is 0 Å². The molecule has 0 aliphatic carbocycles. The number of hydrogen-bond acceptors (Lipinski definition) is 4. The molecule has 1 atom stereocenters. The number of carbonyl (C=O) groups excluding carboxylic acids is 1. The summed E-state index contributed by atoms with van der Waals surface area (Å²) in [6, 6.07) is 6.17. The van der Waals surface area contributed by atoms with Crippen LogP contribution in [0.25, 0.3) is 0 Å². The summed E-state index contributed by atoms with van der Waals surface area (Å²) in [7, 11) is -4.53. The van der Waals surface area contributed by atoms with Gasteiger partial charge in [-0.1, -0.05) is 18.7 Å². The average molecular weight is 286 g/mol. The van der Waals surface area contributed by atoms with Crippen LogP contribution in [0.5, 0.6) is 5.75 Å². The van der Waals surface area contributed by atoms with Crippen molar-refractivity contribution in [3.8, 4) is 5.75 Å². The van der Waals surface area contributed by atoms with E-state index in [-0.39, 0.29) is 11.9 Å². The lowest BCUT2D eigenvalue weighted by atomic mass is 10.1. The molecule has 0 saturated carbocycles. The van der Waals surface area contributed by atoms with E-state index in [1.165, 1.54) is 12.1 Å². The van der Waals surface area contributed by atoms with Crippen molar-refractivity contribution in [1.29, 1.82) is 0 Å². The molecule has 0 fully saturated rings. The van der Waals surface area contributed by atoms with Gasteiger partial charge in [-0.15, -0.1) is 0 Å². The number of rotatable bonds is 6. The van der Waals surface area contributed by atoms with Crippen molar-refractivity contribution in [2.75, 3.05) is 0 Å². The number of ether oxygens (including phenoxy) is 1. The molecule has 0 aromatic heterocycles. The van der Waals surface area contributed by atoms with Crippen LogP contribution in [0.4, 0.5) is 0 Å². The highest BCUT2D eigenvalue weighted by atomic mass is 31.2.